The SMILES string of the molecule is C=CC#COCC. The predicted molar refractivity (Wildman–Crippen MR) is 29.6 cm³/mol. The molecule has 0 unspecified atom stereocenters. The van der Waals surface area contributed by atoms with Gasteiger partial charge in [0.2, 0.25) is 0 Å². The highest BCUT2D eigenvalue weighted by atomic mass is 16.5. The van der Waals surface area contributed by atoms with Crippen LogP contribution in [0, 0.1) is 12.0 Å². The van der Waals surface area contributed by atoms with E-state index in [9.17, 15) is 0 Å². The highest BCUT2D eigenvalue weighted by Crippen LogP contribution is 1.64. The minimum atomic E-state index is 0.640. The van der Waals surface area contributed by atoms with Gasteiger partial charge in [-0.2, -0.15) is 0 Å². The van der Waals surface area contributed by atoms with Crippen LogP contribution < -0.4 is 0 Å². The van der Waals surface area contributed by atoms with Gasteiger partial charge in [-0.15, -0.1) is 0 Å². The van der Waals surface area contributed by atoms with Gasteiger partial charge in [0.05, 0.1) is 6.61 Å². The van der Waals surface area contributed by atoms with Crippen LogP contribution in [0.2, 0.25) is 0 Å². The van der Waals surface area contributed by atoms with Gasteiger partial charge in [-0.05, 0) is 18.9 Å². The molecule has 0 aromatic rings. The lowest BCUT2D eigenvalue weighted by molar-refractivity contribution is 0.299. The molecular formula is C6H8O. The van der Waals surface area contributed by atoms with Crippen LogP contribution in [-0.2, 0) is 4.74 Å². The number of allylic oxidation sites excluding steroid dienone is 1. The van der Waals surface area contributed by atoms with Crippen molar-refractivity contribution in [2.75, 3.05) is 6.61 Å². The van der Waals surface area contributed by atoms with Crippen molar-refractivity contribution in [3.63, 3.8) is 0 Å². The molecule has 0 saturated heterocycles. The number of hydrogen-bond donors (Lipinski definition) is 0. The lowest BCUT2D eigenvalue weighted by atomic mass is 10.7. The van der Waals surface area contributed by atoms with E-state index in [0.29, 0.717) is 6.61 Å². The van der Waals surface area contributed by atoms with E-state index in [1.807, 2.05) is 6.92 Å². The Kier molecular flexibility index (Phi) is 4.44. The second-order valence-electron chi connectivity index (χ2n) is 0.884. The molecule has 38 valence electrons. The molecule has 1 nitrogen and oxygen atoms in total. The Morgan fingerprint density at radius 3 is 3.00 bits per heavy atom. The van der Waals surface area contributed by atoms with Crippen LogP contribution in [-0.4, -0.2) is 6.61 Å². The van der Waals surface area contributed by atoms with Gasteiger partial charge < -0.3 is 4.74 Å². The van der Waals surface area contributed by atoms with Crippen LogP contribution in [0.1, 0.15) is 6.92 Å². The van der Waals surface area contributed by atoms with Crippen LogP contribution in [0.4, 0.5) is 0 Å². The van der Waals surface area contributed by atoms with E-state index < -0.39 is 0 Å². The number of rotatable bonds is 1. The van der Waals surface area contributed by atoms with Crippen LogP contribution in [0.3, 0.4) is 0 Å². The Hall–Kier alpha value is -0.900. The summed E-state index contributed by atoms with van der Waals surface area (Å²) in [6, 6.07) is 0. The van der Waals surface area contributed by atoms with E-state index in [1.165, 1.54) is 6.08 Å². The van der Waals surface area contributed by atoms with Gasteiger partial charge in [-0.1, -0.05) is 6.58 Å². The molecule has 0 aromatic heterocycles. The third-order valence-corrected chi connectivity index (χ3v) is 0.377. The summed E-state index contributed by atoms with van der Waals surface area (Å²) in [4.78, 5) is 0. The first-order valence-corrected chi connectivity index (χ1v) is 2.15. The van der Waals surface area contributed by atoms with E-state index in [-0.39, 0.29) is 0 Å². The molecule has 1 heteroatoms. The van der Waals surface area contributed by atoms with Gasteiger partial charge in [0.15, 0.2) is 0 Å². The van der Waals surface area contributed by atoms with Crippen molar-refractivity contribution < 1.29 is 4.74 Å². The van der Waals surface area contributed by atoms with E-state index in [2.05, 4.69) is 23.3 Å². The van der Waals surface area contributed by atoms with Gasteiger partial charge in [0.1, 0.15) is 6.11 Å². The summed E-state index contributed by atoms with van der Waals surface area (Å²) in [5.41, 5.74) is 0. The summed E-state index contributed by atoms with van der Waals surface area (Å²) in [6.45, 7) is 5.91. The molecule has 0 amide bonds. The zero-order chi connectivity index (χ0) is 5.54. The number of hydrogen-bond acceptors (Lipinski definition) is 1. The second kappa shape index (κ2) is 5.10. The van der Waals surface area contributed by atoms with Crippen molar-refractivity contribution in [2.45, 2.75) is 6.92 Å². The first-order chi connectivity index (χ1) is 3.41. The first-order valence-electron chi connectivity index (χ1n) is 2.15. The smallest absolute Gasteiger partial charge is 0.114 e. The molecule has 7 heavy (non-hydrogen) atoms. The zero-order valence-electron chi connectivity index (χ0n) is 4.40. The highest BCUT2D eigenvalue weighted by Gasteiger charge is 1.60. The summed E-state index contributed by atoms with van der Waals surface area (Å²) < 4.78 is 4.64. The molecule has 0 aliphatic carbocycles. The molecule has 0 aliphatic rings. The fraction of sp³-hybridized carbons (Fsp3) is 0.333. The maximum Gasteiger partial charge on any atom is 0.114 e. The number of ether oxygens (including phenoxy) is 1. The van der Waals surface area contributed by atoms with Crippen LogP contribution in [0.25, 0.3) is 0 Å². The maximum atomic E-state index is 4.64. The Morgan fingerprint density at radius 1 is 1.86 bits per heavy atom. The second-order valence-corrected chi connectivity index (χ2v) is 0.884. The lowest BCUT2D eigenvalue weighted by Crippen LogP contribution is -1.74. The van der Waals surface area contributed by atoms with E-state index in [0.717, 1.165) is 0 Å². The largest absolute Gasteiger partial charge is 0.447 e. The van der Waals surface area contributed by atoms with Crippen molar-refractivity contribution in [3.05, 3.63) is 12.7 Å². The van der Waals surface area contributed by atoms with Crippen molar-refractivity contribution in [2.24, 2.45) is 0 Å². The average molecular weight is 96.1 g/mol. The Balaban J connectivity index is 3.07. The minimum absolute atomic E-state index is 0.640. The molecule has 0 rings (SSSR count). The molecule has 0 aromatic carbocycles. The third kappa shape index (κ3) is 5.10. The Morgan fingerprint density at radius 2 is 2.57 bits per heavy atom. The highest BCUT2D eigenvalue weighted by molar-refractivity contribution is 5.07. The maximum absolute atomic E-state index is 4.64. The summed E-state index contributed by atoms with van der Waals surface area (Å²) in [6.07, 6.45) is 3.91. The fourth-order valence-corrected chi connectivity index (χ4v) is 0.156. The molecule has 0 bridgehead atoms. The molecule has 0 heterocycles. The average Bonchev–Trinajstić information content (AvgIpc) is 1.69. The molecule has 0 saturated carbocycles. The Bertz CT molecular complexity index is 94.5. The summed E-state index contributed by atoms with van der Waals surface area (Å²) in [5.74, 6) is 2.54. The normalized spacial score (nSPS) is 5.86. The summed E-state index contributed by atoms with van der Waals surface area (Å²) in [5, 5.41) is 0. The monoisotopic (exact) mass is 96.1 g/mol. The topological polar surface area (TPSA) is 9.23 Å². The van der Waals surface area contributed by atoms with Gasteiger partial charge in [-0.3, -0.25) is 0 Å². The quantitative estimate of drug-likeness (QED) is 0.445. The van der Waals surface area contributed by atoms with Crippen molar-refractivity contribution in [1.29, 1.82) is 0 Å². The molecular weight excluding hydrogens is 88.1 g/mol. The third-order valence-electron chi connectivity index (χ3n) is 0.377. The van der Waals surface area contributed by atoms with Crippen molar-refractivity contribution in [3.8, 4) is 12.0 Å². The van der Waals surface area contributed by atoms with E-state index >= 15 is 0 Å². The fourth-order valence-electron chi connectivity index (χ4n) is 0.156. The van der Waals surface area contributed by atoms with Crippen molar-refractivity contribution in [1.82, 2.24) is 0 Å². The van der Waals surface area contributed by atoms with Gasteiger partial charge >= 0.3 is 0 Å². The lowest BCUT2D eigenvalue weighted by Gasteiger charge is -1.81. The minimum Gasteiger partial charge on any atom is -0.447 e. The van der Waals surface area contributed by atoms with Gasteiger partial charge in [-0.25, -0.2) is 0 Å². The van der Waals surface area contributed by atoms with E-state index in [4.69, 9.17) is 0 Å². The van der Waals surface area contributed by atoms with Crippen LogP contribution in [0.15, 0.2) is 12.7 Å². The molecule has 0 aliphatic heterocycles. The molecule has 0 spiro atoms. The molecule has 0 atom stereocenters. The van der Waals surface area contributed by atoms with Gasteiger partial charge in [0.25, 0.3) is 0 Å². The zero-order valence-corrected chi connectivity index (χ0v) is 4.40. The standard InChI is InChI=1S/C6H8O/c1-3-5-6-7-4-2/h3H,1,4H2,2H3. The molecule has 0 fully saturated rings. The summed E-state index contributed by atoms with van der Waals surface area (Å²) >= 11 is 0. The van der Waals surface area contributed by atoms with E-state index in [1.54, 1.807) is 0 Å². The Labute approximate surface area is 44.0 Å². The van der Waals surface area contributed by atoms with Crippen molar-refractivity contribution >= 4 is 0 Å². The predicted octanol–water partition coefficient (Wildman–Crippen LogP) is 1.17. The molecule has 0 radical (unpaired) electrons. The van der Waals surface area contributed by atoms with Crippen LogP contribution in [0.5, 0.6) is 0 Å². The molecule has 0 N–H and O–H groups in total. The first kappa shape index (κ1) is 6.10. The van der Waals surface area contributed by atoms with Gasteiger partial charge in [0, 0.05) is 0 Å². The van der Waals surface area contributed by atoms with Crippen LogP contribution >= 0.6 is 0 Å². The summed E-state index contributed by atoms with van der Waals surface area (Å²) in [7, 11) is 0.